The van der Waals surface area contributed by atoms with Gasteiger partial charge in [-0.2, -0.15) is 0 Å². The van der Waals surface area contributed by atoms with Crippen molar-refractivity contribution in [3.63, 3.8) is 0 Å². The van der Waals surface area contributed by atoms with Crippen LogP contribution in [0, 0.1) is 6.92 Å². The predicted molar refractivity (Wildman–Crippen MR) is 94.2 cm³/mol. The lowest BCUT2D eigenvalue weighted by atomic mass is 9.71. The molecule has 2 nitrogen and oxygen atoms in total. The van der Waals surface area contributed by atoms with Crippen molar-refractivity contribution >= 4 is 5.97 Å². The summed E-state index contributed by atoms with van der Waals surface area (Å²) in [7, 11) is 0. The van der Waals surface area contributed by atoms with Gasteiger partial charge in [0.1, 0.15) is 11.2 Å². The zero-order chi connectivity index (χ0) is 16.6. The van der Waals surface area contributed by atoms with Crippen LogP contribution in [0.1, 0.15) is 22.3 Å². The van der Waals surface area contributed by atoms with Crippen LogP contribution in [-0.4, -0.2) is 5.97 Å². The molecule has 0 bridgehead atoms. The Balaban J connectivity index is 1.96. The van der Waals surface area contributed by atoms with Gasteiger partial charge in [0.15, 0.2) is 0 Å². The van der Waals surface area contributed by atoms with Gasteiger partial charge in [-0.15, -0.1) is 0 Å². The fourth-order valence-corrected chi connectivity index (χ4v) is 3.53. The van der Waals surface area contributed by atoms with Crippen LogP contribution in [-0.2, 0) is 16.6 Å². The molecule has 1 aliphatic rings. The van der Waals surface area contributed by atoms with Crippen molar-refractivity contribution < 1.29 is 9.53 Å². The Hall–Kier alpha value is -2.87. The average Bonchev–Trinajstić information content (AvgIpc) is 2.89. The van der Waals surface area contributed by atoms with Gasteiger partial charge in [0.2, 0.25) is 0 Å². The van der Waals surface area contributed by atoms with Crippen LogP contribution in [0.2, 0.25) is 0 Å². The molecule has 4 rings (SSSR count). The van der Waals surface area contributed by atoms with Crippen LogP contribution in [0.25, 0.3) is 0 Å². The smallest absolute Gasteiger partial charge is 0.326 e. The van der Waals surface area contributed by atoms with Crippen LogP contribution < -0.4 is 4.74 Å². The molecule has 1 atom stereocenters. The van der Waals surface area contributed by atoms with Gasteiger partial charge in [-0.25, -0.2) is 0 Å². The van der Waals surface area contributed by atoms with Crippen LogP contribution in [0.15, 0.2) is 78.9 Å². The highest BCUT2D eigenvalue weighted by molar-refractivity contribution is 5.94. The highest BCUT2D eigenvalue weighted by Gasteiger charge is 2.50. The van der Waals surface area contributed by atoms with E-state index < -0.39 is 5.41 Å². The minimum absolute atomic E-state index is 0.196. The van der Waals surface area contributed by atoms with Gasteiger partial charge in [0.05, 0.1) is 0 Å². The molecule has 0 saturated carbocycles. The normalized spacial score (nSPS) is 19.0. The summed E-state index contributed by atoms with van der Waals surface area (Å²) >= 11 is 0. The molecule has 3 aromatic rings. The van der Waals surface area contributed by atoms with Gasteiger partial charge in [-0.05, 0) is 30.5 Å². The van der Waals surface area contributed by atoms with Crippen LogP contribution in [0.5, 0.6) is 5.75 Å². The van der Waals surface area contributed by atoms with Gasteiger partial charge in [0, 0.05) is 5.56 Å². The van der Waals surface area contributed by atoms with Crippen molar-refractivity contribution in [2.75, 3.05) is 0 Å². The van der Waals surface area contributed by atoms with E-state index in [0.717, 1.165) is 22.3 Å². The molecule has 0 spiro atoms. The molecule has 0 amide bonds. The zero-order valence-corrected chi connectivity index (χ0v) is 13.5. The second kappa shape index (κ2) is 5.64. The molecular weight excluding hydrogens is 296 g/mol. The minimum Gasteiger partial charge on any atom is -0.425 e. The molecule has 118 valence electrons. The van der Waals surface area contributed by atoms with Crippen LogP contribution >= 0.6 is 0 Å². The number of carbonyl (C=O) groups is 1. The maximum Gasteiger partial charge on any atom is 0.326 e. The third-order valence-corrected chi connectivity index (χ3v) is 4.72. The van der Waals surface area contributed by atoms with Crippen molar-refractivity contribution in [3.05, 3.63) is 101 Å². The molecule has 0 radical (unpaired) electrons. The summed E-state index contributed by atoms with van der Waals surface area (Å²) in [6, 6.07) is 26.0. The Kier molecular flexibility index (Phi) is 3.46. The van der Waals surface area contributed by atoms with E-state index in [4.69, 9.17) is 4.74 Å². The third-order valence-electron chi connectivity index (χ3n) is 4.72. The molecule has 0 unspecified atom stereocenters. The number of aryl methyl sites for hydroxylation is 1. The molecule has 0 aliphatic carbocycles. The Morgan fingerprint density at radius 1 is 0.875 bits per heavy atom. The van der Waals surface area contributed by atoms with Crippen LogP contribution in [0.3, 0.4) is 0 Å². The lowest BCUT2D eigenvalue weighted by Crippen LogP contribution is -2.37. The second-order valence-electron chi connectivity index (χ2n) is 6.32. The topological polar surface area (TPSA) is 26.3 Å². The number of rotatable bonds is 3. The van der Waals surface area contributed by atoms with Gasteiger partial charge >= 0.3 is 5.97 Å². The highest BCUT2D eigenvalue weighted by Crippen LogP contribution is 2.46. The number of esters is 1. The molecule has 2 heteroatoms. The van der Waals surface area contributed by atoms with Crippen molar-refractivity contribution in [3.8, 4) is 5.75 Å². The largest absolute Gasteiger partial charge is 0.425 e. The second-order valence-corrected chi connectivity index (χ2v) is 6.32. The lowest BCUT2D eigenvalue weighted by Gasteiger charge is -2.27. The number of fused-ring (bicyclic) bond motifs is 1. The minimum atomic E-state index is -0.788. The Bertz CT molecular complexity index is 884. The maximum absolute atomic E-state index is 13.0. The zero-order valence-electron chi connectivity index (χ0n) is 13.5. The van der Waals surface area contributed by atoms with Crippen molar-refractivity contribution in [2.24, 2.45) is 0 Å². The molecule has 0 fully saturated rings. The predicted octanol–water partition coefficient (Wildman–Crippen LogP) is 4.44. The lowest BCUT2D eigenvalue weighted by molar-refractivity contribution is -0.136. The number of hydrogen-bond donors (Lipinski definition) is 0. The molecule has 1 aliphatic heterocycles. The van der Waals surface area contributed by atoms with E-state index in [9.17, 15) is 4.79 Å². The van der Waals surface area contributed by atoms with E-state index in [-0.39, 0.29) is 5.97 Å². The molecule has 0 N–H and O–H groups in total. The average molecular weight is 314 g/mol. The quantitative estimate of drug-likeness (QED) is 0.527. The number of carbonyl (C=O) groups excluding carboxylic acids is 1. The molecule has 24 heavy (non-hydrogen) atoms. The van der Waals surface area contributed by atoms with Crippen molar-refractivity contribution in [1.29, 1.82) is 0 Å². The summed E-state index contributed by atoms with van der Waals surface area (Å²) in [5.74, 6) is 0.475. The van der Waals surface area contributed by atoms with E-state index >= 15 is 0 Å². The Labute approximate surface area is 141 Å². The molecule has 1 heterocycles. The fourth-order valence-electron chi connectivity index (χ4n) is 3.53. The van der Waals surface area contributed by atoms with E-state index in [1.54, 1.807) is 0 Å². The maximum atomic E-state index is 13.0. The Morgan fingerprint density at radius 3 is 2.25 bits per heavy atom. The van der Waals surface area contributed by atoms with Gasteiger partial charge in [0.25, 0.3) is 0 Å². The summed E-state index contributed by atoms with van der Waals surface area (Å²) in [5, 5.41) is 0. The number of benzene rings is 3. The summed E-state index contributed by atoms with van der Waals surface area (Å²) in [5.41, 5.74) is 3.39. The van der Waals surface area contributed by atoms with Crippen molar-refractivity contribution in [2.45, 2.75) is 18.8 Å². The molecule has 0 aromatic heterocycles. The van der Waals surface area contributed by atoms with Gasteiger partial charge in [-0.1, -0.05) is 78.4 Å². The van der Waals surface area contributed by atoms with Crippen LogP contribution in [0.4, 0.5) is 0 Å². The monoisotopic (exact) mass is 314 g/mol. The molecule has 0 saturated heterocycles. The first-order valence-corrected chi connectivity index (χ1v) is 8.13. The molecular formula is C22H18O2. The van der Waals surface area contributed by atoms with Gasteiger partial charge in [-0.3, -0.25) is 4.79 Å². The first-order chi connectivity index (χ1) is 11.7. The SMILES string of the molecule is Cc1ccc2c(c1)[C@](Cc1ccccc1)(c1ccccc1)C(=O)O2. The Morgan fingerprint density at radius 2 is 1.54 bits per heavy atom. The first kappa shape index (κ1) is 14.7. The summed E-state index contributed by atoms with van der Waals surface area (Å²) in [6.07, 6.45) is 0.590. The van der Waals surface area contributed by atoms with Crippen molar-refractivity contribution in [1.82, 2.24) is 0 Å². The first-order valence-electron chi connectivity index (χ1n) is 8.13. The standard InChI is InChI=1S/C22H18O2/c1-16-12-13-20-19(14-16)22(21(23)24-20,18-10-6-3-7-11-18)15-17-8-4-2-5-9-17/h2-14H,15H2,1H3/t22-/m0/s1. The number of ether oxygens (including phenoxy) is 1. The highest BCUT2D eigenvalue weighted by atomic mass is 16.5. The fraction of sp³-hybridized carbons (Fsp3) is 0.136. The van der Waals surface area contributed by atoms with E-state index in [1.807, 2.05) is 67.6 Å². The van der Waals surface area contributed by atoms with E-state index in [1.165, 1.54) is 0 Å². The molecule has 3 aromatic carbocycles. The van der Waals surface area contributed by atoms with E-state index in [0.29, 0.717) is 12.2 Å². The van der Waals surface area contributed by atoms with E-state index in [2.05, 4.69) is 18.2 Å². The number of hydrogen-bond acceptors (Lipinski definition) is 2. The summed E-state index contributed by atoms with van der Waals surface area (Å²) in [6.45, 7) is 2.04. The summed E-state index contributed by atoms with van der Waals surface area (Å²) in [4.78, 5) is 13.0. The third kappa shape index (κ3) is 2.23. The van der Waals surface area contributed by atoms with Gasteiger partial charge < -0.3 is 4.74 Å². The summed E-state index contributed by atoms with van der Waals surface area (Å²) < 4.78 is 5.67.